The molecule has 1 aliphatic rings. The molecule has 1 aliphatic carbocycles. The van der Waals surface area contributed by atoms with Crippen molar-refractivity contribution in [3.63, 3.8) is 0 Å². The van der Waals surface area contributed by atoms with Crippen LogP contribution in [0.3, 0.4) is 0 Å². The largest absolute Gasteiger partial charge is 0.269 e. The molecule has 0 radical (unpaired) electrons. The van der Waals surface area contributed by atoms with Gasteiger partial charge in [-0.2, -0.15) is 0 Å². The molecule has 2 heterocycles. The van der Waals surface area contributed by atoms with Gasteiger partial charge in [-0.3, -0.25) is 0 Å². The van der Waals surface area contributed by atoms with Crippen molar-refractivity contribution in [2.75, 3.05) is 0 Å². The molecule has 0 aliphatic heterocycles. The smallest absolute Gasteiger partial charge is 0.237 e. The maximum absolute atomic E-state index is 13.0. The molecule has 4 rings (SSSR count). The lowest BCUT2D eigenvalue weighted by molar-refractivity contribution is 0.443. The molecule has 0 amide bonds. The van der Waals surface area contributed by atoms with Crippen LogP contribution in [0.4, 0.5) is 0 Å². The van der Waals surface area contributed by atoms with Crippen LogP contribution < -0.4 is 0 Å². The standard InChI is InChI=1S/C20H22N2O2S/c1-15-14-22(25(23,24)18-10-6-3-7-11-18)20-19(15)12-17(13-21-20)16-8-4-2-5-9-16/h3,6-7,10-14,16H,2,4-5,8-9H2,1H3. The molecule has 4 nitrogen and oxygen atoms in total. The molecule has 130 valence electrons. The Morgan fingerprint density at radius 3 is 2.52 bits per heavy atom. The molecule has 2 aromatic heterocycles. The minimum Gasteiger partial charge on any atom is -0.237 e. The van der Waals surface area contributed by atoms with Crippen LogP contribution in [0.15, 0.2) is 53.7 Å². The maximum Gasteiger partial charge on any atom is 0.269 e. The third-order valence-corrected chi connectivity index (χ3v) is 6.87. The Hall–Kier alpha value is -2.14. The lowest BCUT2D eigenvalue weighted by atomic mass is 9.84. The molecule has 1 fully saturated rings. The summed E-state index contributed by atoms with van der Waals surface area (Å²) in [6.07, 6.45) is 9.82. The molecule has 5 heteroatoms. The van der Waals surface area contributed by atoms with Crippen LogP contribution in [-0.2, 0) is 10.0 Å². The highest BCUT2D eigenvalue weighted by Crippen LogP contribution is 2.34. The van der Waals surface area contributed by atoms with Gasteiger partial charge in [0.2, 0.25) is 0 Å². The van der Waals surface area contributed by atoms with E-state index < -0.39 is 10.0 Å². The second kappa shape index (κ2) is 6.30. The molecule has 0 atom stereocenters. The van der Waals surface area contributed by atoms with Gasteiger partial charge in [0.05, 0.1) is 4.90 Å². The Kier molecular flexibility index (Phi) is 4.12. The molecule has 0 bridgehead atoms. The molecule has 0 spiro atoms. The molecule has 25 heavy (non-hydrogen) atoms. The Morgan fingerprint density at radius 2 is 1.80 bits per heavy atom. The highest BCUT2D eigenvalue weighted by molar-refractivity contribution is 7.90. The number of pyridine rings is 1. The van der Waals surface area contributed by atoms with Gasteiger partial charge in [0.15, 0.2) is 5.65 Å². The third-order valence-electron chi connectivity index (χ3n) is 5.21. The van der Waals surface area contributed by atoms with E-state index in [1.54, 1.807) is 30.5 Å². The van der Waals surface area contributed by atoms with Crippen molar-refractivity contribution in [2.24, 2.45) is 0 Å². The number of aromatic nitrogens is 2. The zero-order chi connectivity index (χ0) is 17.4. The predicted octanol–water partition coefficient (Wildman–Crippen LogP) is 4.63. The lowest BCUT2D eigenvalue weighted by Crippen LogP contribution is -2.12. The van der Waals surface area contributed by atoms with Gasteiger partial charge < -0.3 is 0 Å². The fourth-order valence-electron chi connectivity index (χ4n) is 3.79. The summed E-state index contributed by atoms with van der Waals surface area (Å²) in [5.41, 5.74) is 2.70. The van der Waals surface area contributed by atoms with Gasteiger partial charge in [-0.1, -0.05) is 37.5 Å². The zero-order valence-electron chi connectivity index (χ0n) is 14.4. The van der Waals surface area contributed by atoms with Crippen LogP contribution in [0.1, 0.15) is 49.1 Å². The van der Waals surface area contributed by atoms with Crippen LogP contribution in [-0.4, -0.2) is 17.4 Å². The van der Waals surface area contributed by atoms with E-state index in [-0.39, 0.29) is 4.90 Å². The molecule has 3 aromatic rings. The van der Waals surface area contributed by atoms with Gasteiger partial charge in [-0.15, -0.1) is 0 Å². The Labute approximate surface area is 148 Å². The molecular formula is C20H22N2O2S. The summed E-state index contributed by atoms with van der Waals surface area (Å²) in [7, 11) is -3.63. The first kappa shape index (κ1) is 16.3. The summed E-state index contributed by atoms with van der Waals surface area (Å²) in [5, 5.41) is 0.933. The van der Waals surface area contributed by atoms with Crippen molar-refractivity contribution in [3.05, 3.63) is 59.9 Å². The second-order valence-electron chi connectivity index (χ2n) is 6.90. The summed E-state index contributed by atoms with van der Waals surface area (Å²) in [5.74, 6) is 0.555. The van der Waals surface area contributed by atoms with E-state index in [0.717, 1.165) is 10.9 Å². The second-order valence-corrected chi connectivity index (χ2v) is 8.72. The van der Waals surface area contributed by atoms with Gasteiger partial charge in [0.25, 0.3) is 10.0 Å². The van der Waals surface area contributed by atoms with Crippen LogP contribution in [0.5, 0.6) is 0 Å². The van der Waals surface area contributed by atoms with Crippen molar-refractivity contribution in [2.45, 2.75) is 49.8 Å². The number of hydrogen-bond donors (Lipinski definition) is 0. The van der Waals surface area contributed by atoms with E-state index in [2.05, 4.69) is 11.1 Å². The fraction of sp³-hybridized carbons (Fsp3) is 0.350. The number of rotatable bonds is 3. The highest BCUT2D eigenvalue weighted by atomic mass is 32.2. The van der Waals surface area contributed by atoms with Crippen LogP contribution in [0.25, 0.3) is 11.0 Å². The summed E-state index contributed by atoms with van der Waals surface area (Å²) in [4.78, 5) is 4.84. The van der Waals surface area contributed by atoms with E-state index in [9.17, 15) is 8.42 Å². The van der Waals surface area contributed by atoms with E-state index in [0.29, 0.717) is 11.6 Å². The van der Waals surface area contributed by atoms with Crippen molar-refractivity contribution in [1.29, 1.82) is 0 Å². The average Bonchev–Trinajstić information content (AvgIpc) is 3.00. The van der Waals surface area contributed by atoms with Crippen LogP contribution in [0.2, 0.25) is 0 Å². The van der Waals surface area contributed by atoms with E-state index in [1.165, 1.54) is 41.6 Å². The third kappa shape index (κ3) is 2.86. The first-order valence-corrected chi connectivity index (χ1v) is 10.3. The monoisotopic (exact) mass is 354 g/mol. The minimum atomic E-state index is -3.63. The first-order valence-electron chi connectivity index (χ1n) is 8.85. The number of nitrogens with zero attached hydrogens (tertiary/aromatic N) is 2. The Bertz CT molecular complexity index is 1000. The summed E-state index contributed by atoms with van der Waals surface area (Å²) >= 11 is 0. The number of aryl methyl sites for hydroxylation is 1. The average molecular weight is 354 g/mol. The Balaban J connectivity index is 1.82. The van der Waals surface area contributed by atoms with E-state index in [4.69, 9.17) is 0 Å². The number of benzene rings is 1. The van der Waals surface area contributed by atoms with E-state index >= 15 is 0 Å². The van der Waals surface area contributed by atoms with Crippen molar-refractivity contribution in [1.82, 2.24) is 8.96 Å². The molecular weight excluding hydrogens is 332 g/mol. The summed E-state index contributed by atoms with van der Waals surface area (Å²) in [6, 6.07) is 10.7. The van der Waals surface area contributed by atoms with Gasteiger partial charge >= 0.3 is 0 Å². The maximum atomic E-state index is 13.0. The van der Waals surface area contributed by atoms with Crippen LogP contribution >= 0.6 is 0 Å². The zero-order valence-corrected chi connectivity index (χ0v) is 15.2. The van der Waals surface area contributed by atoms with Gasteiger partial charge in [0, 0.05) is 17.8 Å². The number of fused-ring (bicyclic) bond motifs is 1. The quantitative estimate of drug-likeness (QED) is 0.689. The van der Waals surface area contributed by atoms with E-state index in [1.807, 2.05) is 19.2 Å². The Morgan fingerprint density at radius 1 is 1.08 bits per heavy atom. The van der Waals surface area contributed by atoms with Gasteiger partial charge in [0.1, 0.15) is 0 Å². The van der Waals surface area contributed by atoms with Crippen molar-refractivity contribution in [3.8, 4) is 0 Å². The summed E-state index contributed by atoms with van der Waals surface area (Å²) in [6.45, 7) is 1.95. The molecule has 1 saturated carbocycles. The molecule has 0 unspecified atom stereocenters. The molecule has 1 aromatic carbocycles. The highest BCUT2D eigenvalue weighted by Gasteiger charge is 2.22. The van der Waals surface area contributed by atoms with Crippen molar-refractivity contribution < 1.29 is 8.42 Å². The van der Waals surface area contributed by atoms with Crippen LogP contribution in [0, 0.1) is 6.92 Å². The minimum absolute atomic E-state index is 0.282. The molecule has 0 saturated heterocycles. The van der Waals surface area contributed by atoms with Gasteiger partial charge in [-0.05, 0) is 55.0 Å². The SMILES string of the molecule is Cc1cn(S(=O)(=O)c2ccccc2)c2ncc(C3CCCCC3)cc12. The molecule has 0 N–H and O–H groups in total. The normalized spacial score (nSPS) is 16.4. The fourth-order valence-corrected chi connectivity index (χ4v) is 5.19. The lowest BCUT2D eigenvalue weighted by Gasteiger charge is -2.21. The first-order chi connectivity index (χ1) is 12.1. The van der Waals surface area contributed by atoms with Gasteiger partial charge in [-0.25, -0.2) is 17.4 Å². The number of hydrogen-bond acceptors (Lipinski definition) is 3. The topological polar surface area (TPSA) is 52.0 Å². The summed E-state index contributed by atoms with van der Waals surface area (Å²) < 4.78 is 27.3. The van der Waals surface area contributed by atoms with Crippen molar-refractivity contribution >= 4 is 21.1 Å². The predicted molar refractivity (Wildman–Crippen MR) is 99.3 cm³/mol.